The first-order chi connectivity index (χ1) is 10.1. The zero-order chi connectivity index (χ0) is 14.8. The Kier molecular flexibility index (Phi) is 3.36. The molecule has 0 aliphatic carbocycles. The van der Waals surface area contributed by atoms with Gasteiger partial charge in [-0.1, -0.05) is 6.07 Å². The molecule has 106 valence electrons. The summed E-state index contributed by atoms with van der Waals surface area (Å²) in [6.45, 7) is 0. The second-order valence-corrected chi connectivity index (χ2v) is 5.19. The van der Waals surface area contributed by atoms with Gasteiger partial charge in [-0.3, -0.25) is 4.98 Å². The molecule has 3 aromatic rings. The molecule has 0 aliphatic heterocycles. The first-order valence-electron chi connectivity index (χ1n) is 6.82. The SMILES string of the molecule is CN(C)c1ccc(Nc2ccc3cnccc3c2N)cc1. The van der Waals surface area contributed by atoms with Gasteiger partial charge in [-0.25, -0.2) is 0 Å². The Bertz CT molecular complexity index is 763. The number of nitrogens with two attached hydrogens (primary N) is 1. The average Bonchev–Trinajstić information content (AvgIpc) is 2.51. The van der Waals surface area contributed by atoms with Crippen LogP contribution in [0.15, 0.2) is 54.9 Å². The molecule has 4 heteroatoms. The average molecular weight is 278 g/mol. The van der Waals surface area contributed by atoms with Crippen molar-refractivity contribution in [1.82, 2.24) is 4.98 Å². The van der Waals surface area contributed by atoms with Gasteiger partial charge < -0.3 is 16.0 Å². The zero-order valence-electron chi connectivity index (χ0n) is 12.2. The van der Waals surface area contributed by atoms with Crippen LogP contribution in [0.3, 0.4) is 0 Å². The van der Waals surface area contributed by atoms with Crippen LogP contribution in [-0.2, 0) is 0 Å². The Morgan fingerprint density at radius 1 is 1.00 bits per heavy atom. The van der Waals surface area contributed by atoms with Gasteiger partial charge in [-0.05, 0) is 36.4 Å². The van der Waals surface area contributed by atoms with E-state index >= 15 is 0 Å². The number of rotatable bonds is 3. The molecule has 3 rings (SSSR count). The van der Waals surface area contributed by atoms with Crippen LogP contribution in [-0.4, -0.2) is 19.1 Å². The van der Waals surface area contributed by atoms with Gasteiger partial charge in [0.05, 0.1) is 11.4 Å². The number of hydrogen-bond acceptors (Lipinski definition) is 4. The van der Waals surface area contributed by atoms with Gasteiger partial charge >= 0.3 is 0 Å². The quantitative estimate of drug-likeness (QED) is 0.718. The Hall–Kier alpha value is -2.75. The van der Waals surface area contributed by atoms with Gasteiger partial charge in [0.15, 0.2) is 0 Å². The van der Waals surface area contributed by atoms with Crippen molar-refractivity contribution in [2.75, 3.05) is 30.0 Å². The molecule has 0 aliphatic rings. The van der Waals surface area contributed by atoms with E-state index in [1.165, 1.54) is 0 Å². The first kappa shape index (κ1) is 13.2. The van der Waals surface area contributed by atoms with Crippen molar-refractivity contribution in [2.45, 2.75) is 0 Å². The molecule has 0 unspecified atom stereocenters. The molecule has 3 N–H and O–H groups in total. The number of anilines is 4. The predicted molar refractivity (Wildman–Crippen MR) is 90.2 cm³/mol. The van der Waals surface area contributed by atoms with Crippen molar-refractivity contribution < 1.29 is 0 Å². The minimum absolute atomic E-state index is 0.742. The highest BCUT2D eigenvalue weighted by Gasteiger charge is 2.05. The van der Waals surface area contributed by atoms with Crippen molar-refractivity contribution in [1.29, 1.82) is 0 Å². The van der Waals surface area contributed by atoms with Crippen molar-refractivity contribution in [3.05, 3.63) is 54.9 Å². The van der Waals surface area contributed by atoms with E-state index in [2.05, 4.69) is 27.3 Å². The number of aromatic nitrogens is 1. The molecule has 0 atom stereocenters. The molecule has 0 spiro atoms. The second kappa shape index (κ2) is 5.32. The predicted octanol–water partition coefficient (Wildman–Crippen LogP) is 3.63. The van der Waals surface area contributed by atoms with Gasteiger partial charge in [0.25, 0.3) is 0 Å². The standard InChI is InChI=1S/C17H18N4/c1-21(2)14-6-4-13(5-7-14)20-16-8-3-12-11-19-10-9-15(12)17(16)18/h3-11,20H,18H2,1-2H3. The number of benzene rings is 2. The summed E-state index contributed by atoms with van der Waals surface area (Å²) in [5.74, 6) is 0. The Balaban J connectivity index is 1.92. The molecular weight excluding hydrogens is 260 g/mol. The Morgan fingerprint density at radius 2 is 1.76 bits per heavy atom. The lowest BCUT2D eigenvalue weighted by Gasteiger charge is -2.15. The van der Waals surface area contributed by atoms with Gasteiger partial charge in [0, 0.05) is 48.6 Å². The molecular formula is C17H18N4. The Labute approximate surface area is 124 Å². The van der Waals surface area contributed by atoms with Crippen LogP contribution in [0.25, 0.3) is 10.8 Å². The molecule has 0 bridgehead atoms. The van der Waals surface area contributed by atoms with Crippen LogP contribution in [0, 0.1) is 0 Å². The third-order valence-corrected chi connectivity index (χ3v) is 3.52. The van der Waals surface area contributed by atoms with Crippen LogP contribution in [0.4, 0.5) is 22.7 Å². The minimum atomic E-state index is 0.742. The summed E-state index contributed by atoms with van der Waals surface area (Å²) in [6, 6.07) is 14.2. The molecule has 0 saturated carbocycles. The number of fused-ring (bicyclic) bond motifs is 1. The van der Waals surface area contributed by atoms with Gasteiger partial charge in [0.2, 0.25) is 0 Å². The van der Waals surface area contributed by atoms with E-state index in [-0.39, 0.29) is 0 Å². The fourth-order valence-corrected chi connectivity index (χ4v) is 2.30. The summed E-state index contributed by atoms with van der Waals surface area (Å²) in [6.07, 6.45) is 3.58. The van der Waals surface area contributed by atoms with Crippen LogP contribution in [0.5, 0.6) is 0 Å². The monoisotopic (exact) mass is 278 g/mol. The summed E-state index contributed by atoms with van der Waals surface area (Å²) in [7, 11) is 4.05. The van der Waals surface area contributed by atoms with Crippen molar-refractivity contribution in [3.63, 3.8) is 0 Å². The molecule has 1 heterocycles. The highest BCUT2D eigenvalue weighted by molar-refractivity contribution is 5.99. The molecule has 0 saturated heterocycles. The normalized spacial score (nSPS) is 10.6. The van der Waals surface area contributed by atoms with E-state index < -0.39 is 0 Å². The lowest BCUT2D eigenvalue weighted by molar-refractivity contribution is 1.13. The van der Waals surface area contributed by atoms with E-state index in [1.54, 1.807) is 6.20 Å². The largest absolute Gasteiger partial charge is 0.397 e. The number of nitrogens with one attached hydrogen (secondary N) is 1. The summed E-state index contributed by atoms with van der Waals surface area (Å²) in [5, 5.41) is 5.43. The second-order valence-electron chi connectivity index (χ2n) is 5.19. The summed E-state index contributed by atoms with van der Waals surface area (Å²) < 4.78 is 0. The Morgan fingerprint density at radius 3 is 2.48 bits per heavy atom. The highest BCUT2D eigenvalue weighted by atomic mass is 15.1. The maximum atomic E-state index is 6.25. The van der Waals surface area contributed by atoms with Crippen LogP contribution < -0.4 is 16.0 Å². The molecule has 0 amide bonds. The van der Waals surface area contributed by atoms with Gasteiger partial charge in [0.1, 0.15) is 0 Å². The van der Waals surface area contributed by atoms with E-state index in [0.29, 0.717) is 0 Å². The lowest BCUT2D eigenvalue weighted by atomic mass is 10.1. The summed E-state index contributed by atoms with van der Waals surface area (Å²) in [4.78, 5) is 6.18. The summed E-state index contributed by atoms with van der Waals surface area (Å²) >= 11 is 0. The first-order valence-corrected chi connectivity index (χ1v) is 6.82. The number of hydrogen-bond donors (Lipinski definition) is 2. The van der Waals surface area contributed by atoms with Crippen LogP contribution in [0.2, 0.25) is 0 Å². The van der Waals surface area contributed by atoms with E-state index in [1.807, 2.05) is 50.6 Å². The minimum Gasteiger partial charge on any atom is -0.397 e. The van der Waals surface area contributed by atoms with Crippen LogP contribution >= 0.6 is 0 Å². The lowest BCUT2D eigenvalue weighted by Crippen LogP contribution is -2.08. The van der Waals surface area contributed by atoms with E-state index in [4.69, 9.17) is 5.73 Å². The fraction of sp³-hybridized carbons (Fsp3) is 0.118. The van der Waals surface area contributed by atoms with E-state index in [9.17, 15) is 0 Å². The van der Waals surface area contributed by atoms with Gasteiger partial charge in [-0.2, -0.15) is 0 Å². The molecule has 2 aromatic carbocycles. The van der Waals surface area contributed by atoms with E-state index in [0.717, 1.165) is 33.5 Å². The topological polar surface area (TPSA) is 54.2 Å². The van der Waals surface area contributed by atoms with Crippen molar-refractivity contribution in [3.8, 4) is 0 Å². The highest BCUT2D eigenvalue weighted by Crippen LogP contribution is 2.30. The van der Waals surface area contributed by atoms with Crippen molar-refractivity contribution >= 4 is 33.5 Å². The molecule has 0 fully saturated rings. The zero-order valence-corrected chi connectivity index (χ0v) is 12.2. The molecule has 21 heavy (non-hydrogen) atoms. The fourth-order valence-electron chi connectivity index (χ4n) is 2.30. The third kappa shape index (κ3) is 2.60. The van der Waals surface area contributed by atoms with Crippen molar-refractivity contribution in [2.24, 2.45) is 0 Å². The van der Waals surface area contributed by atoms with Gasteiger partial charge in [-0.15, -0.1) is 0 Å². The molecule has 0 radical (unpaired) electrons. The molecule has 1 aromatic heterocycles. The van der Waals surface area contributed by atoms with Crippen LogP contribution in [0.1, 0.15) is 0 Å². The number of pyridine rings is 1. The number of nitrogens with zero attached hydrogens (tertiary/aromatic N) is 2. The smallest absolute Gasteiger partial charge is 0.0634 e. The maximum Gasteiger partial charge on any atom is 0.0634 e. The number of nitrogen functional groups attached to an aromatic ring is 1. The molecule has 4 nitrogen and oxygen atoms in total. The summed E-state index contributed by atoms with van der Waals surface area (Å²) in [5.41, 5.74) is 10.1. The maximum absolute atomic E-state index is 6.25. The third-order valence-electron chi connectivity index (χ3n) is 3.52.